The fourth-order valence-corrected chi connectivity index (χ4v) is 1.71. The lowest BCUT2D eigenvalue weighted by Crippen LogP contribution is -2.31. The standard InChI is InChI=1S/C14H17NO6.C6H10O4S.H2/c1-2-12(16)20-10-21-14(18)15-8-13(17)19-9-11-6-4-3-5-7-11;1-3-5(7)9-4-10-6(8)11-2;/h3-7H,2,8-10H2,1H3,(H,15,18);3-4H2,1-2H3;1H. The predicted molar refractivity (Wildman–Crippen MR) is 115 cm³/mol. The summed E-state index contributed by atoms with van der Waals surface area (Å²) in [7, 11) is 0. The van der Waals surface area contributed by atoms with Gasteiger partial charge in [-0.3, -0.25) is 14.4 Å². The van der Waals surface area contributed by atoms with E-state index in [4.69, 9.17) is 4.74 Å². The van der Waals surface area contributed by atoms with Crippen LogP contribution >= 0.6 is 11.8 Å². The monoisotopic (exact) mass is 475 g/mol. The van der Waals surface area contributed by atoms with Crippen molar-refractivity contribution in [1.82, 2.24) is 5.32 Å². The molecule has 1 amide bonds. The smallest absolute Gasteiger partial charge is 0.410 e. The second kappa shape index (κ2) is 18.5. The molecule has 1 aromatic carbocycles. The van der Waals surface area contributed by atoms with Crippen molar-refractivity contribution in [2.45, 2.75) is 33.3 Å². The van der Waals surface area contributed by atoms with Crippen molar-refractivity contribution in [3.05, 3.63) is 35.9 Å². The summed E-state index contributed by atoms with van der Waals surface area (Å²) in [5.74, 6) is -1.45. The summed E-state index contributed by atoms with van der Waals surface area (Å²) in [5, 5.41) is 1.73. The fraction of sp³-hybridized carbons (Fsp3) is 0.450. The van der Waals surface area contributed by atoms with Gasteiger partial charge in [0.2, 0.25) is 13.6 Å². The average Bonchev–Trinajstić information content (AvgIpc) is 2.81. The fourth-order valence-electron chi connectivity index (χ4n) is 1.54. The van der Waals surface area contributed by atoms with E-state index in [-0.39, 0.29) is 40.2 Å². The molecule has 11 nitrogen and oxygen atoms in total. The van der Waals surface area contributed by atoms with Crippen molar-refractivity contribution in [2.75, 3.05) is 26.4 Å². The van der Waals surface area contributed by atoms with Gasteiger partial charge >= 0.3 is 29.3 Å². The molecule has 0 aliphatic heterocycles. The van der Waals surface area contributed by atoms with Crippen LogP contribution in [0.15, 0.2) is 30.3 Å². The number of ether oxygens (including phenoxy) is 5. The molecule has 32 heavy (non-hydrogen) atoms. The summed E-state index contributed by atoms with van der Waals surface area (Å²) in [6.45, 7) is 2.31. The van der Waals surface area contributed by atoms with E-state index in [9.17, 15) is 24.0 Å². The molecule has 0 aliphatic rings. The van der Waals surface area contributed by atoms with Crippen LogP contribution in [0.1, 0.15) is 33.7 Å². The SMILES string of the molecule is CCC(=O)OCOC(=O)NCC(=O)OCc1ccccc1.CCC(=O)OCOC(=O)SC.[HH]. The van der Waals surface area contributed by atoms with Crippen LogP contribution < -0.4 is 5.32 Å². The lowest BCUT2D eigenvalue weighted by Gasteiger charge is -2.07. The highest BCUT2D eigenvalue weighted by molar-refractivity contribution is 8.12. The van der Waals surface area contributed by atoms with E-state index in [1.54, 1.807) is 20.1 Å². The van der Waals surface area contributed by atoms with Gasteiger partial charge in [0, 0.05) is 14.3 Å². The molecule has 0 radical (unpaired) electrons. The Morgan fingerprint density at radius 3 is 1.91 bits per heavy atom. The maximum absolute atomic E-state index is 11.4. The number of hydrogen-bond acceptors (Lipinski definition) is 11. The molecule has 0 saturated heterocycles. The third-order valence-corrected chi connectivity index (χ3v) is 3.62. The van der Waals surface area contributed by atoms with Crippen LogP contribution in [-0.2, 0) is 44.7 Å². The number of carbonyl (C=O) groups excluding carboxylic acids is 5. The topological polar surface area (TPSA) is 144 Å². The first-order valence-corrected chi connectivity index (χ1v) is 10.7. The van der Waals surface area contributed by atoms with E-state index in [2.05, 4.69) is 24.3 Å². The molecule has 0 aromatic heterocycles. The van der Waals surface area contributed by atoms with E-state index >= 15 is 0 Å². The number of benzene rings is 1. The van der Waals surface area contributed by atoms with Gasteiger partial charge in [0.25, 0.3) is 0 Å². The third-order valence-electron chi connectivity index (χ3n) is 3.17. The number of alkyl carbamates (subject to hydrolysis) is 1. The number of carbonyl (C=O) groups is 5. The molecular weight excluding hydrogens is 446 g/mol. The molecule has 1 rings (SSSR count). The van der Waals surface area contributed by atoms with Crippen LogP contribution in [0.4, 0.5) is 9.59 Å². The summed E-state index contributed by atoms with van der Waals surface area (Å²) in [6, 6.07) is 9.15. The lowest BCUT2D eigenvalue weighted by molar-refractivity contribution is -0.152. The number of esters is 3. The van der Waals surface area contributed by atoms with Crippen LogP contribution in [0.3, 0.4) is 0 Å². The van der Waals surface area contributed by atoms with Crippen molar-refractivity contribution in [1.29, 1.82) is 0 Å². The minimum atomic E-state index is -0.865. The molecule has 0 fully saturated rings. The van der Waals surface area contributed by atoms with Crippen molar-refractivity contribution >= 4 is 41.1 Å². The van der Waals surface area contributed by atoms with Gasteiger partial charge in [-0.25, -0.2) is 9.59 Å². The summed E-state index contributed by atoms with van der Waals surface area (Å²) in [6.07, 6.45) is 1.20. The summed E-state index contributed by atoms with van der Waals surface area (Å²) in [5.41, 5.74) is 0.847. The molecular formula is C20H29NO10S. The highest BCUT2D eigenvalue weighted by Gasteiger charge is 2.08. The van der Waals surface area contributed by atoms with Gasteiger partial charge in [0.15, 0.2) is 0 Å². The first-order valence-electron chi connectivity index (χ1n) is 9.44. The van der Waals surface area contributed by atoms with Gasteiger partial charge in [-0.2, -0.15) is 0 Å². The number of rotatable bonds is 10. The Bertz CT molecular complexity index is 717. The van der Waals surface area contributed by atoms with Crippen LogP contribution in [-0.4, -0.2) is 55.7 Å². The van der Waals surface area contributed by atoms with Crippen molar-refractivity contribution < 1.29 is 49.1 Å². The Balaban J connectivity index is 0. The Morgan fingerprint density at radius 2 is 1.38 bits per heavy atom. The first kappa shape index (κ1) is 28.7. The molecule has 0 heterocycles. The van der Waals surface area contributed by atoms with Crippen LogP contribution in [0.25, 0.3) is 0 Å². The zero-order valence-corrected chi connectivity index (χ0v) is 18.9. The maximum Gasteiger partial charge on any atom is 0.410 e. The Kier molecular flexibility index (Phi) is 16.6. The molecule has 1 N–H and O–H groups in total. The maximum atomic E-state index is 11.4. The highest BCUT2D eigenvalue weighted by atomic mass is 32.2. The first-order chi connectivity index (χ1) is 15.3. The number of amides is 1. The summed E-state index contributed by atoms with van der Waals surface area (Å²) < 4.78 is 22.9. The molecule has 0 atom stereocenters. The number of thioether (sulfide) groups is 1. The predicted octanol–water partition coefficient (Wildman–Crippen LogP) is 3.01. The van der Waals surface area contributed by atoms with E-state index < -0.39 is 30.1 Å². The number of hydrogen-bond donors (Lipinski definition) is 1. The third kappa shape index (κ3) is 16.5. The Hall–Kier alpha value is -3.28. The van der Waals surface area contributed by atoms with E-state index in [1.165, 1.54) is 0 Å². The van der Waals surface area contributed by atoms with Crippen LogP contribution in [0.2, 0.25) is 0 Å². The van der Waals surface area contributed by atoms with Gasteiger partial charge < -0.3 is 29.0 Å². The zero-order valence-electron chi connectivity index (χ0n) is 18.1. The number of nitrogens with one attached hydrogen (secondary N) is 1. The van der Waals surface area contributed by atoms with Crippen molar-refractivity contribution in [3.8, 4) is 0 Å². The van der Waals surface area contributed by atoms with E-state index in [1.807, 2.05) is 30.3 Å². The Morgan fingerprint density at radius 1 is 0.812 bits per heavy atom. The van der Waals surface area contributed by atoms with Crippen molar-refractivity contribution in [2.24, 2.45) is 0 Å². The molecule has 0 spiro atoms. The second-order valence-corrected chi connectivity index (χ2v) is 6.25. The molecule has 0 unspecified atom stereocenters. The quantitative estimate of drug-likeness (QED) is 0.303. The molecule has 1 aromatic rings. The molecule has 180 valence electrons. The summed E-state index contributed by atoms with van der Waals surface area (Å²) >= 11 is 0.932. The second-order valence-electron chi connectivity index (χ2n) is 5.51. The Labute approximate surface area is 191 Å². The molecule has 0 saturated carbocycles. The van der Waals surface area contributed by atoms with Crippen LogP contribution in [0.5, 0.6) is 0 Å². The van der Waals surface area contributed by atoms with Gasteiger partial charge in [-0.15, -0.1) is 0 Å². The highest BCUT2D eigenvalue weighted by Crippen LogP contribution is 2.00. The minimum Gasteiger partial charge on any atom is -0.460 e. The zero-order chi connectivity index (χ0) is 24.2. The van der Waals surface area contributed by atoms with Gasteiger partial charge in [0.1, 0.15) is 13.2 Å². The van der Waals surface area contributed by atoms with Gasteiger partial charge in [-0.1, -0.05) is 44.2 Å². The van der Waals surface area contributed by atoms with E-state index in [0.717, 1.165) is 17.3 Å². The average molecular weight is 476 g/mol. The van der Waals surface area contributed by atoms with Crippen molar-refractivity contribution in [3.63, 3.8) is 0 Å². The summed E-state index contributed by atoms with van der Waals surface area (Å²) in [4.78, 5) is 54.2. The minimum absolute atomic E-state index is 0. The molecule has 0 aliphatic carbocycles. The largest absolute Gasteiger partial charge is 0.460 e. The van der Waals surface area contributed by atoms with Crippen LogP contribution in [0, 0.1) is 0 Å². The normalized spacial score (nSPS) is 9.34. The van der Waals surface area contributed by atoms with E-state index in [0.29, 0.717) is 0 Å². The molecule has 12 heteroatoms. The van der Waals surface area contributed by atoms with Gasteiger partial charge in [-0.05, 0) is 23.6 Å². The molecule has 0 bridgehead atoms. The van der Waals surface area contributed by atoms with Gasteiger partial charge in [0.05, 0.1) is 0 Å². The lowest BCUT2D eigenvalue weighted by atomic mass is 10.2.